The van der Waals surface area contributed by atoms with Gasteiger partial charge in [0, 0.05) is 31.3 Å². The van der Waals surface area contributed by atoms with Gasteiger partial charge in [-0.3, -0.25) is 4.68 Å². The fourth-order valence-corrected chi connectivity index (χ4v) is 3.43. The summed E-state index contributed by atoms with van der Waals surface area (Å²) in [5.41, 5.74) is 14.3. The third-order valence-electron chi connectivity index (χ3n) is 5.82. The summed E-state index contributed by atoms with van der Waals surface area (Å²) in [6.45, 7) is 11.2. The number of benzene rings is 1. The van der Waals surface area contributed by atoms with Crippen molar-refractivity contribution in [3.63, 3.8) is 0 Å². The predicted molar refractivity (Wildman–Crippen MR) is 129 cm³/mol. The molecule has 2 aromatic heterocycles. The summed E-state index contributed by atoms with van der Waals surface area (Å²) in [7, 11) is 1.66. The smallest absolute Gasteiger partial charge is 0.261 e. The highest BCUT2D eigenvalue weighted by Gasteiger charge is 2.37. The van der Waals surface area contributed by atoms with Gasteiger partial charge in [-0.1, -0.05) is 49.8 Å². The largest absolute Gasteiger partial charge is 0.404 e. The van der Waals surface area contributed by atoms with Crippen molar-refractivity contribution in [2.75, 3.05) is 13.7 Å². The SMILES string of the molecule is C=C(N)N=C/C(=C\N)c1ccc([C@@](C)(c2noc(-c3cnn(CCOC)c3)n2)C(C)C)cc1. The maximum Gasteiger partial charge on any atom is 0.261 e. The minimum absolute atomic E-state index is 0.199. The van der Waals surface area contributed by atoms with E-state index in [9.17, 15) is 0 Å². The molecule has 0 radical (unpaired) electrons. The van der Waals surface area contributed by atoms with Crippen molar-refractivity contribution >= 4 is 11.8 Å². The van der Waals surface area contributed by atoms with E-state index in [0.29, 0.717) is 24.9 Å². The lowest BCUT2D eigenvalue weighted by atomic mass is 9.72. The summed E-state index contributed by atoms with van der Waals surface area (Å²) in [4.78, 5) is 8.76. The molecule has 0 saturated heterocycles. The summed E-state index contributed by atoms with van der Waals surface area (Å²) < 4.78 is 12.5. The van der Waals surface area contributed by atoms with E-state index < -0.39 is 5.41 Å². The first-order chi connectivity index (χ1) is 15.8. The zero-order valence-electron chi connectivity index (χ0n) is 19.5. The lowest BCUT2D eigenvalue weighted by Crippen LogP contribution is -2.31. The van der Waals surface area contributed by atoms with Crippen molar-refractivity contribution in [1.82, 2.24) is 19.9 Å². The second-order valence-electron chi connectivity index (χ2n) is 8.21. The van der Waals surface area contributed by atoms with Gasteiger partial charge in [0.25, 0.3) is 5.89 Å². The Morgan fingerprint density at radius 2 is 2.06 bits per heavy atom. The van der Waals surface area contributed by atoms with Crippen LogP contribution in [0.3, 0.4) is 0 Å². The van der Waals surface area contributed by atoms with Crippen LogP contribution in [0.4, 0.5) is 0 Å². The molecule has 9 nitrogen and oxygen atoms in total. The molecule has 0 aliphatic carbocycles. The van der Waals surface area contributed by atoms with E-state index in [0.717, 1.165) is 22.3 Å². The molecule has 2 heterocycles. The first kappa shape index (κ1) is 23.9. The van der Waals surface area contributed by atoms with E-state index in [2.05, 4.69) is 42.6 Å². The van der Waals surface area contributed by atoms with Crippen molar-refractivity contribution in [3.8, 4) is 11.5 Å². The number of aliphatic imine (C=N–C) groups is 1. The molecule has 9 heteroatoms. The van der Waals surface area contributed by atoms with Crippen molar-refractivity contribution in [3.05, 3.63) is 72.2 Å². The van der Waals surface area contributed by atoms with Crippen molar-refractivity contribution in [2.45, 2.75) is 32.7 Å². The summed E-state index contributed by atoms with van der Waals surface area (Å²) >= 11 is 0. The summed E-state index contributed by atoms with van der Waals surface area (Å²) in [6, 6.07) is 8.06. The van der Waals surface area contributed by atoms with Crippen LogP contribution < -0.4 is 11.5 Å². The number of ether oxygens (including phenoxy) is 1. The Morgan fingerprint density at radius 1 is 1.33 bits per heavy atom. The van der Waals surface area contributed by atoms with Gasteiger partial charge in [-0.15, -0.1) is 0 Å². The van der Waals surface area contributed by atoms with E-state index in [1.54, 1.807) is 24.2 Å². The van der Waals surface area contributed by atoms with Gasteiger partial charge in [0.2, 0.25) is 0 Å². The summed E-state index contributed by atoms with van der Waals surface area (Å²) in [5.74, 6) is 1.46. The van der Waals surface area contributed by atoms with E-state index in [1.165, 1.54) is 6.20 Å². The molecule has 3 aromatic rings. The number of hydrogen-bond donors (Lipinski definition) is 2. The zero-order valence-corrected chi connectivity index (χ0v) is 19.5. The molecule has 33 heavy (non-hydrogen) atoms. The van der Waals surface area contributed by atoms with Crippen LogP contribution in [0.2, 0.25) is 0 Å². The highest BCUT2D eigenvalue weighted by molar-refractivity contribution is 6.09. The van der Waals surface area contributed by atoms with Gasteiger partial charge in [-0.25, -0.2) is 4.99 Å². The molecule has 0 unspecified atom stereocenters. The van der Waals surface area contributed by atoms with Gasteiger partial charge in [-0.05, 0) is 24.0 Å². The van der Waals surface area contributed by atoms with Crippen LogP contribution in [0.25, 0.3) is 17.0 Å². The molecular weight excluding hydrogens is 418 g/mol. The van der Waals surface area contributed by atoms with Crippen molar-refractivity contribution in [2.24, 2.45) is 22.4 Å². The molecule has 0 fully saturated rings. The second-order valence-corrected chi connectivity index (χ2v) is 8.21. The Balaban J connectivity index is 1.90. The van der Waals surface area contributed by atoms with Crippen LogP contribution in [-0.4, -0.2) is 39.9 Å². The Hall–Kier alpha value is -3.72. The number of rotatable bonds is 10. The van der Waals surface area contributed by atoms with Crippen LogP contribution in [-0.2, 0) is 16.7 Å². The first-order valence-corrected chi connectivity index (χ1v) is 10.7. The number of methoxy groups -OCH3 is 1. The Labute approximate surface area is 193 Å². The fraction of sp³-hybridized carbons (Fsp3) is 0.333. The van der Waals surface area contributed by atoms with Gasteiger partial charge >= 0.3 is 0 Å². The lowest BCUT2D eigenvalue weighted by molar-refractivity contribution is 0.183. The van der Waals surface area contributed by atoms with E-state index in [1.807, 2.05) is 30.5 Å². The number of aromatic nitrogens is 4. The minimum atomic E-state index is -0.474. The predicted octanol–water partition coefficient (Wildman–Crippen LogP) is 3.34. The molecule has 0 saturated carbocycles. The first-order valence-electron chi connectivity index (χ1n) is 10.7. The molecule has 174 valence electrons. The lowest BCUT2D eigenvalue weighted by Gasteiger charge is -2.31. The average molecular weight is 450 g/mol. The fourth-order valence-electron chi connectivity index (χ4n) is 3.43. The maximum absolute atomic E-state index is 5.77. The molecule has 1 aromatic carbocycles. The second kappa shape index (κ2) is 10.3. The topological polar surface area (TPSA) is 130 Å². The van der Waals surface area contributed by atoms with Crippen LogP contribution >= 0.6 is 0 Å². The molecule has 1 atom stereocenters. The highest BCUT2D eigenvalue weighted by Crippen LogP contribution is 2.38. The van der Waals surface area contributed by atoms with Gasteiger partial charge in [0.1, 0.15) is 5.82 Å². The van der Waals surface area contributed by atoms with E-state index in [-0.39, 0.29) is 11.7 Å². The zero-order chi connectivity index (χ0) is 24.0. The van der Waals surface area contributed by atoms with Crippen molar-refractivity contribution < 1.29 is 9.26 Å². The normalized spacial score (nSPS) is 14.2. The number of allylic oxidation sites excluding steroid dienone is 1. The van der Waals surface area contributed by atoms with Crippen LogP contribution in [0.1, 0.15) is 37.7 Å². The molecule has 0 spiro atoms. The molecule has 0 aliphatic heterocycles. The van der Waals surface area contributed by atoms with Gasteiger partial charge in [-0.2, -0.15) is 10.1 Å². The number of nitrogens with zero attached hydrogens (tertiary/aromatic N) is 5. The van der Waals surface area contributed by atoms with E-state index in [4.69, 9.17) is 25.7 Å². The third kappa shape index (κ3) is 5.20. The van der Waals surface area contributed by atoms with Crippen LogP contribution in [0.15, 0.2) is 64.8 Å². The quantitative estimate of drug-likeness (QED) is 0.454. The molecular formula is C24H31N7O2. The highest BCUT2D eigenvalue weighted by atomic mass is 16.5. The number of hydrogen-bond acceptors (Lipinski definition) is 8. The van der Waals surface area contributed by atoms with Crippen LogP contribution in [0.5, 0.6) is 0 Å². The monoisotopic (exact) mass is 449 g/mol. The Bertz CT molecular complexity index is 1140. The summed E-state index contributed by atoms with van der Waals surface area (Å²) in [5, 5.41) is 8.66. The van der Waals surface area contributed by atoms with Crippen LogP contribution in [0, 0.1) is 5.92 Å². The average Bonchev–Trinajstić information content (AvgIpc) is 3.47. The Kier molecular flexibility index (Phi) is 7.44. The molecule has 0 amide bonds. The minimum Gasteiger partial charge on any atom is -0.404 e. The maximum atomic E-state index is 5.77. The van der Waals surface area contributed by atoms with Gasteiger partial charge in [0.05, 0.1) is 30.3 Å². The van der Waals surface area contributed by atoms with Gasteiger partial charge < -0.3 is 20.7 Å². The molecule has 0 aliphatic rings. The molecule has 4 N–H and O–H groups in total. The van der Waals surface area contributed by atoms with E-state index >= 15 is 0 Å². The number of nitrogens with two attached hydrogens (primary N) is 2. The standard InChI is InChI=1S/C24H31N7O2/c1-16(2)24(4,21-8-6-18(7-9-21)19(12-25)13-27-17(3)26)23-29-22(33-30-23)20-14-28-31(15-20)10-11-32-5/h6-9,12-16H,3,10-11,25-26H2,1-2,4-5H3/b19-12+,27-13?/t24-/m0/s1. The Morgan fingerprint density at radius 3 is 2.67 bits per heavy atom. The summed E-state index contributed by atoms with van der Waals surface area (Å²) in [6.07, 6.45) is 6.67. The molecule has 3 rings (SSSR count). The van der Waals surface area contributed by atoms with Crippen molar-refractivity contribution in [1.29, 1.82) is 0 Å². The third-order valence-corrected chi connectivity index (χ3v) is 5.82. The van der Waals surface area contributed by atoms with Gasteiger partial charge in [0.15, 0.2) is 5.82 Å². The molecule has 0 bridgehead atoms.